The van der Waals surface area contributed by atoms with Crippen LogP contribution in [0.2, 0.25) is 0 Å². The van der Waals surface area contributed by atoms with E-state index in [-0.39, 0.29) is 0 Å². The molecule has 0 bridgehead atoms. The van der Waals surface area contributed by atoms with Gasteiger partial charge in [0.15, 0.2) is 0 Å². The van der Waals surface area contributed by atoms with E-state index in [1.54, 1.807) is 13.4 Å². The van der Waals surface area contributed by atoms with Gasteiger partial charge in [-0.1, -0.05) is 12.1 Å². The molecule has 1 N–H and O–H groups in total. The van der Waals surface area contributed by atoms with Gasteiger partial charge in [-0.05, 0) is 17.7 Å². The van der Waals surface area contributed by atoms with Crippen LogP contribution in [0.5, 0.6) is 5.75 Å². The molecule has 1 saturated heterocycles. The Hall–Kier alpha value is -2.34. The largest absolute Gasteiger partial charge is 0.497 e. The molecule has 2 aromatic rings. The lowest BCUT2D eigenvalue weighted by Crippen LogP contribution is -2.36. The van der Waals surface area contributed by atoms with Gasteiger partial charge >= 0.3 is 0 Å². The minimum absolute atomic E-state index is 0.691. The number of ether oxygens (including phenoxy) is 2. The highest BCUT2D eigenvalue weighted by Crippen LogP contribution is 2.17. The van der Waals surface area contributed by atoms with Crippen LogP contribution in [0, 0.1) is 0 Å². The van der Waals surface area contributed by atoms with E-state index < -0.39 is 0 Å². The number of hydrogen-bond acceptors (Lipinski definition) is 6. The first kappa shape index (κ1) is 14.6. The van der Waals surface area contributed by atoms with Crippen molar-refractivity contribution in [3.8, 4) is 5.75 Å². The molecule has 0 amide bonds. The summed E-state index contributed by atoms with van der Waals surface area (Å²) in [6, 6.07) is 9.96. The van der Waals surface area contributed by atoms with E-state index in [1.807, 2.05) is 24.3 Å². The number of nitrogens with one attached hydrogen (secondary N) is 1. The lowest BCUT2D eigenvalue weighted by Gasteiger charge is -2.27. The van der Waals surface area contributed by atoms with E-state index in [2.05, 4.69) is 26.3 Å². The summed E-state index contributed by atoms with van der Waals surface area (Å²) in [4.78, 5) is 10.8. The van der Waals surface area contributed by atoms with Gasteiger partial charge in [-0.3, -0.25) is 0 Å². The average molecular weight is 300 g/mol. The zero-order valence-corrected chi connectivity index (χ0v) is 12.7. The number of methoxy groups -OCH3 is 1. The summed E-state index contributed by atoms with van der Waals surface area (Å²) >= 11 is 0. The average Bonchev–Trinajstić information content (AvgIpc) is 2.61. The summed E-state index contributed by atoms with van der Waals surface area (Å²) in [5, 5.41) is 3.33. The van der Waals surface area contributed by atoms with E-state index in [1.165, 1.54) is 0 Å². The van der Waals surface area contributed by atoms with Gasteiger partial charge in [-0.2, -0.15) is 0 Å². The molecule has 3 rings (SSSR count). The van der Waals surface area contributed by atoms with Gasteiger partial charge in [0.25, 0.3) is 0 Å². The number of morpholine rings is 1. The molecule has 0 saturated carbocycles. The first-order valence-corrected chi connectivity index (χ1v) is 7.37. The van der Waals surface area contributed by atoms with Crippen LogP contribution in [0.15, 0.2) is 36.7 Å². The van der Waals surface area contributed by atoms with Gasteiger partial charge in [0, 0.05) is 25.7 Å². The lowest BCUT2D eigenvalue weighted by atomic mass is 10.2. The van der Waals surface area contributed by atoms with Gasteiger partial charge < -0.3 is 19.7 Å². The predicted molar refractivity (Wildman–Crippen MR) is 85.4 cm³/mol. The van der Waals surface area contributed by atoms with Crippen LogP contribution in [0.4, 0.5) is 11.6 Å². The number of nitrogens with zero attached hydrogens (tertiary/aromatic N) is 3. The summed E-state index contributed by atoms with van der Waals surface area (Å²) in [5.74, 6) is 2.61. The number of aromatic nitrogens is 2. The van der Waals surface area contributed by atoms with Crippen molar-refractivity contribution in [2.24, 2.45) is 0 Å². The Bertz CT molecular complexity index is 615. The Morgan fingerprint density at radius 3 is 2.91 bits per heavy atom. The molecule has 0 radical (unpaired) electrons. The predicted octanol–water partition coefficient (Wildman–Crippen LogP) is 1.93. The van der Waals surface area contributed by atoms with Gasteiger partial charge in [-0.25, -0.2) is 9.97 Å². The van der Waals surface area contributed by atoms with Crippen LogP contribution in [0.3, 0.4) is 0 Å². The molecule has 0 spiro atoms. The van der Waals surface area contributed by atoms with Crippen molar-refractivity contribution < 1.29 is 9.47 Å². The maximum atomic E-state index is 5.37. The Balaban J connectivity index is 1.64. The van der Waals surface area contributed by atoms with Crippen LogP contribution in [-0.4, -0.2) is 43.4 Å². The second-order valence-electron chi connectivity index (χ2n) is 5.07. The molecule has 1 aromatic carbocycles. The minimum atomic E-state index is 0.691. The van der Waals surface area contributed by atoms with Crippen molar-refractivity contribution in [1.29, 1.82) is 0 Å². The van der Waals surface area contributed by atoms with Gasteiger partial charge in [0.05, 0.1) is 20.3 Å². The van der Waals surface area contributed by atoms with E-state index in [0.29, 0.717) is 6.54 Å². The van der Waals surface area contributed by atoms with E-state index in [0.717, 1.165) is 49.3 Å². The first-order valence-electron chi connectivity index (χ1n) is 7.37. The molecular formula is C16H20N4O2. The number of rotatable bonds is 5. The van der Waals surface area contributed by atoms with Crippen molar-refractivity contribution >= 4 is 11.6 Å². The van der Waals surface area contributed by atoms with Gasteiger partial charge in [-0.15, -0.1) is 0 Å². The highest BCUT2D eigenvalue weighted by molar-refractivity contribution is 5.49. The van der Waals surface area contributed by atoms with Crippen LogP contribution < -0.4 is 15.0 Å². The maximum Gasteiger partial charge on any atom is 0.134 e. The van der Waals surface area contributed by atoms with E-state index >= 15 is 0 Å². The SMILES string of the molecule is COc1cccc(CNc2cc(N3CCOCC3)ncn2)c1. The quantitative estimate of drug-likeness (QED) is 0.910. The Morgan fingerprint density at radius 2 is 2.09 bits per heavy atom. The fourth-order valence-electron chi connectivity index (χ4n) is 2.38. The molecule has 1 aliphatic heterocycles. The summed E-state index contributed by atoms with van der Waals surface area (Å²) < 4.78 is 10.6. The summed E-state index contributed by atoms with van der Waals surface area (Å²) in [7, 11) is 1.67. The Labute approximate surface area is 130 Å². The van der Waals surface area contributed by atoms with Crippen molar-refractivity contribution in [2.45, 2.75) is 6.54 Å². The smallest absolute Gasteiger partial charge is 0.134 e. The fourth-order valence-corrected chi connectivity index (χ4v) is 2.38. The van der Waals surface area contributed by atoms with Crippen molar-refractivity contribution in [1.82, 2.24) is 9.97 Å². The molecule has 0 aliphatic carbocycles. The third kappa shape index (κ3) is 3.65. The third-order valence-corrected chi connectivity index (χ3v) is 3.60. The van der Waals surface area contributed by atoms with Crippen LogP contribution in [0.1, 0.15) is 5.56 Å². The van der Waals surface area contributed by atoms with Crippen LogP contribution >= 0.6 is 0 Å². The molecule has 0 atom stereocenters. The second kappa shape index (κ2) is 7.09. The molecule has 6 nitrogen and oxygen atoms in total. The van der Waals surface area contributed by atoms with Gasteiger partial charge in [0.1, 0.15) is 23.7 Å². The molecule has 1 aliphatic rings. The van der Waals surface area contributed by atoms with Crippen LogP contribution in [0.25, 0.3) is 0 Å². The summed E-state index contributed by atoms with van der Waals surface area (Å²) in [6.07, 6.45) is 1.60. The third-order valence-electron chi connectivity index (χ3n) is 3.60. The molecule has 6 heteroatoms. The molecule has 1 fully saturated rings. The molecular weight excluding hydrogens is 280 g/mol. The zero-order valence-electron chi connectivity index (χ0n) is 12.7. The summed E-state index contributed by atoms with van der Waals surface area (Å²) in [6.45, 7) is 3.92. The molecule has 2 heterocycles. The standard InChI is InChI=1S/C16H20N4O2/c1-21-14-4-2-3-13(9-14)11-17-15-10-16(19-12-18-15)20-5-7-22-8-6-20/h2-4,9-10,12H,5-8,11H2,1H3,(H,17,18,19). The Kier molecular flexibility index (Phi) is 4.70. The Morgan fingerprint density at radius 1 is 1.23 bits per heavy atom. The number of anilines is 2. The number of hydrogen-bond donors (Lipinski definition) is 1. The number of benzene rings is 1. The zero-order chi connectivity index (χ0) is 15.2. The summed E-state index contributed by atoms with van der Waals surface area (Å²) in [5.41, 5.74) is 1.14. The van der Waals surface area contributed by atoms with Gasteiger partial charge in [0.2, 0.25) is 0 Å². The maximum absolute atomic E-state index is 5.37. The highest BCUT2D eigenvalue weighted by Gasteiger charge is 2.12. The molecule has 0 unspecified atom stereocenters. The second-order valence-corrected chi connectivity index (χ2v) is 5.07. The first-order chi connectivity index (χ1) is 10.8. The molecule has 116 valence electrons. The normalized spacial score (nSPS) is 14.7. The minimum Gasteiger partial charge on any atom is -0.497 e. The topological polar surface area (TPSA) is 59.5 Å². The van der Waals surface area contributed by atoms with Crippen LogP contribution in [-0.2, 0) is 11.3 Å². The molecule has 22 heavy (non-hydrogen) atoms. The monoisotopic (exact) mass is 300 g/mol. The van der Waals surface area contributed by atoms with Crippen molar-refractivity contribution in [3.63, 3.8) is 0 Å². The van der Waals surface area contributed by atoms with Crippen molar-refractivity contribution in [2.75, 3.05) is 43.6 Å². The fraction of sp³-hybridized carbons (Fsp3) is 0.375. The molecule has 1 aromatic heterocycles. The van der Waals surface area contributed by atoms with E-state index in [9.17, 15) is 0 Å². The lowest BCUT2D eigenvalue weighted by molar-refractivity contribution is 0.122. The van der Waals surface area contributed by atoms with Crippen molar-refractivity contribution in [3.05, 3.63) is 42.2 Å². The van der Waals surface area contributed by atoms with E-state index in [4.69, 9.17) is 9.47 Å². The highest BCUT2D eigenvalue weighted by atomic mass is 16.5.